The lowest BCUT2D eigenvalue weighted by Gasteiger charge is -2.22. The van der Waals surface area contributed by atoms with Crippen LogP contribution in [0.25, 0.3) is 44.7 Å². The number of aliphatic imine (C=N–C) groups is 1. The Balaban J connectivity index is 1.23. The van der Waals surface area contributed by atoms with Crippen molar-refractivity contribution in [3.8, 4) is 33.4 Å². The number of hydrogen-bond donors (Lipinski definition) is 0. The lowest BCUT2D eigenvalue weighted by Crippen LogP contribution is -2.14. The highest BCUT2D eigenvalue weighted by Gasteiger charge is 2.35. The molecule has 0 spiro atoms. The molecule has 1 aliphatic carbocycles. The van der Waals surface area contributed by atoms with Crippen LogP contribution in [0.1, 0.15) is 48.6 Å². The molecular weight excluding hydrogens is 681 g/mol. The number of rotatable bonds is 7. The van der Waals surface area contributed by atoms with Gasteiger partial charge < -0.3 is 0 Å². The maximum Gasteiger partial charge on any atom is 0.0844 e. The molecule has 0 saturated carbocycles. The summed E-state index contributed by atoms with van der Waals surface area (Å²) < 4.78 is 1.02. The molecule has 1 nitrogen and oxygen atoms in total. The third kappa shape index (κ3) is 5.94. The van der Waals surface area contributed by atoms with Gasteiger partial charge in [-0.3, -0.25) is 4.99 Å². The minimum Gasteiger partial charge on any atom is -0.251 e. The molecule has 0 heterocycles. The second kappa shape index (κ2) is 12.8. The van der Waals surface area contributed by atoms with E-state index in [-0.39, 0.29) is 5.41 Å². The van der Waals surface area contributed by atoms with Gasteiger partial charge in [-0.05, 0) is 109 Å². The van der Waals surface area contributed by atoms with Crippen LogP contribution >= 0.6 is 22.6 Å². The first-order valence-corrected chi connectivity index (χ1v) is 17.1. The van der Waals surface area contributed by atoms with Crippen molar-refractivity contribution in [1.82, 2.24) is 0 Å². The van der Waals surface area contributed by atoms with Gasteiger partial charge in [-0.15, -0.1) is 0 Å². The zero-order valence-corrected chi connectivity index (χ0v) is 29.1. The van der Waals surface area contributed by atoms with Crippen LogP contribution in [0, 0.1) is 0 Å². The van der Waals surface area contributed by atoms with Crippen molar-refractivity contribution in [2.75, 3.05) is 0 Å². The van der Waals surface area contributed by atoms with Gasteiger partial charge >= 0.3 is 0 Å². The van der Waals surface area contributed by atoms with Crippen LogP contribution in [0.5, 0.6) is 0 Å². The van der Waals surface area contributed by atoms with E-state index in [1.54, 1.807) is 0 Å². The van der Waals surface area contributed by atoms with Crippen molar-refractivity contribution in [1.29, 1.82) is 0 Å². The molecule has 47 heavy (non-hydrogen) atoms. The molecule has 0 radical (unpaired) electrons. The number of allylic oxidation sites excluding steroid dienone is 2. The fourth-order valence-corrected chi connectivity index (χ4v) is 7.41. The average Bonchev–Trinajstić information content (AvgIpc) is 3.36. The molecule has 2 heteroatoms. The van der Waals surface area contributed by atoms with E-state index in [1.807, 2.05) is 12.1 Å². The van der Waals surface area contributed by atoms with Gasteiger partial charge in [0.05, 0.1) is 5.70 Å². The number of halogens is 1. The summed E-state index contributed by atoms with van der Waals surface area (Å²) in [5.41, 5.74) is 16.4. The molecule has 0 fully saturated rings. The van der Waals surface area contributed by atoms with E-state index < -0.39 is 0 Å². The zero-order chi connectivity index (χ0) is 32.5. The van der Waals surface area contributed by atoms with Crippen LogP contribution in [0.15, 0.2) is 167 Å². The molecule has 228 valence electrons. The summed E-state index contributed by atoms with van der Waals surface area (Å²) in [5, 5.41) is 0. The quantitative estimate of drug-likeness (QED) is 0.0886. The highest BCUT2D eigenvalue weighted by atomic mass is 127. The summed E-state index contributed by atoms with van der Waals surface area (Å²) >= 11 is 2.42. The summed E-state index contributed by atoms with van der Waals surface area (Å²) in [5.74, 6) is 0. The molecule has 0 aromatic heterocycles. The van der Waals surface area contributed by atoms with Crippen LogP contribution in [-0.2, 0) is 5.41 Å². The minimum atomic E-state index is -0.0266. The highest BCUT2D eigenvalue weighted by Crippen LogP contribution is 2.49. The fourth-order valence-electron chi connectivity index (χ4n) is 6.67. The molecule has 0 unspecified atom stereocenters. The molecule has 0 N–H and O–H groups in total. The number of benzene rings is 6. The Morgan fingerprint density at radius 2 is 1.06 bits per heavy atom. The van der Waals surface area contributed by atoms with E-state index >= 15 is 0 Å². The second-order valence-corrected chi connectivity index (χ2v) is 13.7. The fraction of sp³-hybridized carbons (Fsp3) is 0.0889. The Labute approximate surface area is 292 Å². The van der Waals surface area contributed by atoms with E-state index in [2.05, 4.69) is 189 Å². The monoisotopic (exact) mass is 717 g/mol. The normalized spacial score (nSPS) is 13.8. The van der Waals surface area contributed by atoms with Crippen molar-refractivity contribution < 1.29 is 0 Å². The Morgan fingerprint density at radius 3 is 1.77 bits per heavy atom. The lowest BCUT2D eigenvalue weighted by molar-refractivity contribution is 0.660. The molecule has 0 atom stereocenters. The Kier molecular flexibility index (Phi) is 8.38. The maximum absolute atomic E-state index is 5.17. The minimum absolute atomic E-state index is 0.0266. The summed E-state index contributed by atoms with van der Waals surface area (Å²) in [6.45, 7) is 11.3. The molecule has 0 aliphatic heterocycles. The Bertz CT molecular complexity index is 2190. The third-order valence-electron chi connectivity index (χ3n) is 9.31. The summed E-state index contributed by atoms with van der Waals surface area (Å²) in [7, 11) is 0. The smallest absolute Gasteiger partial charge is 0.0844 e. The molecular formula is C45H36IN. The first-order chi connectivity index (χ1) is 22.8. The molecule has 6 aromatic carbocycles. The van der Waals surface area contributed by atoms with Gasteiger partial charge in [-0.1, -0.05) is 154 Å². The van der Waals surface area contributed by atoms with Crippen molar-refractivity contribution >= 4 is 39.6 Å². The first kappa shape index (κ1) is 30.8. The van der Waals surface area contributed by atoms with E-state index in [4.69, 9.17) is 4.99 Å². The van der Waals surface area contributed by atoms with Crippen molar-refractivity contribution in [3.05, 3.63) is 190 Å². The molecule has 0 amide bonds. The summed E-state index contributed by atoms with van der Waals surface area (Å²) in [6, 6.07) is 54.1. The van der Waals surface area contributed by atoms with Crippen LogP contribution < -0.4 is 0 Å². The Morgan fingerprint density at radius 1 is 0.532 bits per heavy atom. The lowest BCUT2D eigenvalue weighted by atomic mass is 9.81. The first-order valence-electron chi connectivity index (χ1n) is 16.0. The highest BCUT2D eigenvalue weighted by molar-refractivity contribution is 14.1. The van der Waals surface area contributed by atoms with Crippen LogP contribution in [0.2, 0.25) is 0 Å². The largest absolute Gasteiger partial charge is 0.251 e. The van der Waals surface area contributed by atoms with Gasteiger partial charge in [-0.25, -0.2) is 0 Å². The number of hydrogen-bond acceptors (Lipinski definition) is 1. The molecule has 7 rings (SSSR count). The maximum atomic E-state index is 5.17. The van der Waals surface area contributed by atoms with Gasteiger partial charge in [0.1, 0.15) is 0 Å². The average molecular weight is 718 g/mol. The van der Waals surface area contributed by atoms with Crippen LogP contribution in [0.3, 0.4) is 0 Å². The van der Waals surface area contributed by atoms with Crippen molar-refractivity contribution in [2.24, 2.45) is 4.99 Å². The van der Waals surface area contributed by atoms with E-state index in [9.17, 15) is 0 Å². The van der Waals surface area contributed by atoms with E-state index in [0.717, 1.165) is 42.8 Å². The number of fused-ring (bicyclic) bond motifs is 3. The third-order valence-corrected chi connectivity index (χ3v) is 10.5. The molecule has 6 aromatic rings. The summed E-state index contributed by atoms with van der Waals surface area (Å²) in [4.78, 5) is 5.17. The predicted molar refractivity (Wildman–Crippen MR) is 210 cm³/mol. The van der Waals surface area contributed by atoms with Gasteiger partial charge in [0.25, 0.3) is 0 Å². The number of nitrogens with zero attached hydrogens (tertiary/aromatic N) is 1. The molecule has 0 saturated heterocycles. The van der Waals surface area contributed by atoms with Gasteiger partial charge in [0.2, 0.25) is 0 Å². The zero-order valence-electron chi connectivity index (χ0n) is 27.0. The SMILES string of the molecule is C=C(/C(I)=C(\N=C(/C)c1ccccc1)c1ccccc1)c1cccc(-c2cccc(-c3ccc4c(c3)C(C)(C)c3ccccc3-4)c2)c1. The van der Waals surface area contributed by atoms with E-state index in [1.165, 1.54) is 38.9 Å². The van der Waals surface area contributed by atoms with Crippen LogP contribution in [-0.4, -0.2) is 5.71 Å². The molecule has 1 aliphatic rings. The summed E-state index contributed by atoms with van der Waals surface area (Å²) in [6.07, 6.45) is 0. The Hall–Kier alpha value is -4.80. The van der Waals surface area contributed by atoms with Crippen molar-refractivity contribution in [3.63, 3.8) is 0 Å². The molecule has 0 bridgehead atoms. The van der Waals surface area contributed by atoms with Crippen LogP contribution in [0.4, 0.5) is 0 Å². The van der Waals surface area contributed by atoms with Gasteiger partial charge in [0.15, 0.2) is 0 Å². The van der Waals surface area contributed by atoms with E-state index in [0.29, 0.717) is 0 Å². The topological polar surface area (TPSA) is 12.4 Å². The second-order valence-electron chi connectivity index (χ2n) is 12.7. The standard InChI is InChI=1S/C45H36IN/c1-30(43(46)44(33-17-9-6-10-18-33)47-31(2)32-15-7-5-8-16-32)34-19-13-20-35(27-34)36-21-14-22-37(28-36)38-25-26-40-39-23-11-12-24-41(39)45(3,4)42(40)29-38/h5-29H,1H2,2-4H3/b44-43+,47-31+. The predicted octanol–water partition coefficient (Wildman–Crippen LogP) is 12.7. The van der Waals surface area contributed by atoms with Crippen molar-refractivity contribution in [2.45, 2.75) is 26.2 Å². The van der Waals surface area contributed by atoms with Gasteiger partial charge in [0, 0.05) is 20.3 Å². The van der Waals surface area contributed by atoms with Gasteiger partial charge in [-0.2, -0.15) is 0 Å².